The molecule has 3 saturated heterocycles. The zero-order valence-corrected chi connectivity index (χ0v) is 42.9. The number of halogens is 8. The van der Waals surface area contributed by atoms with E-state index in [0.29, 0.717) is 78.7 Å². The van der Waals surface area contributed by atoms with Gasteiger partial charge >= 0.3 is 31.1 Å². The van der Waals surface area contributed by atoms with E-state index in [1.165, 1.54) is 30.3 Å². The van der Waals surface area contributed by atoms with Crippen molar-refractivity contribution in [1.82, 2.24) is 51.0 Å². The molecule has 2 unspecified atom stereocenters. The maximum absolute atomic E-state index is 14.5. The summed E-state index contributed by atoms with van der Waals surface area (Å²) in [7, 11) is 0.858. The van der Waals surface area contributed by atoms with Gasteiger partial charge in [0.25, 0.3) is 5.91 Å². The molecule has 0 saturated carbocycles. The minimum atomic E-state index is -5.16. The second kappa shape index (κ2) is 23.8. The minimum Gasteiger partial charge on any atom is -0.465 e. The first-order valence-corrected chi connectivity index (χ1v) is 24.6. The average Bonchev–Trinajstić information content (AvgIpc) is 4.03. The Hall–Kier alpha value is -7.15. The van der Waals surface area contributed by atoms with Crippen LogP contribution in [0.1, 0.15) is 69.3 Å². The molecule has 3 fully saturated rings. The van der Waals surface area contributed by atoms with Gasteiger partial charge in [-0.3, -0.25) is 19.9 Å². The molecule has 4 amide bonds. The first kappa shape index (κ1) is 58.5. The molecule has 4 aromatic rings. The summed E-state index contributed by atoms with van der Waals surface area (Å²) in [4.78, 5) is 66.0. The fraction of sp³-hybridized carbons (Fsp3) is 0.510. The number of piperazine rings is 1. The Morgan fingerprint density at radius 2 is 1.35 bits per heavy atom. The quantitative estimate of drug-likeness (QED) is 0.0379. The molecule has 0 radical (unpaired) electrons. The number of carbonyl (C=O) groups excluding carboxylic acids is 3. The van der Waals surface area contributed by atoms with Crippen molar-refractivity contribution in [2.75, 3.05) is 44.9 Å². The summed E-state index contributed by atoms with van der Waals surface area (Å²) in [6.07, 6.45) is -9.49. The summed E-state index contributed by atoms with van der Waals surface area (Å²) in [5, 5.41) is 32.2. The normalized spacial score (nSPS) is 18.7. The van der Waals surface area contributed by atoms with Gasteiger partial charge in [0.15, 0.2) is 0 Å². The first-order chi connectivity index (χ1) is 36.6. The highest BCUT2D eigenvalue weighted by molar-refractivity contribution is 5.87. The van der Waals surface area contributed by atoms with Crippen LogP contribution in [-0.2, 0) is 32.0 Å². The van der Waals surface area contributed by atoms with Crippen molar-refractivity contribution in [1.29, 1.82) is 0 Å². The van der Waals surface area contributed by atoms with Gasteiger partial charge in [-0.15, -0.1) is 0 Å². The smallest absolute Gasteiger partial charge is 0.407 e. The molecule has 7 rings (SSSR count). The number of amides is 4. The molecule has 0 aliphatic carbocycles. The third-order valence-corrected chi connectivity index (χ3v) is 14.3. The largest absolute Gasteiger partial charge is 0.465 e. The van der Waals surface area contributed by atoms with Gasteiger partial charge in [-0.2, -0.15) is 40.2 Å². The van der Waals surface area contributed by atoms with Gasteiger partial charge in [0.1, 0.15) is 12.1 Å². The Morgan fingerprint density at radius 1 is 0.782 bits per heavy atom. The lowest BCUT2D eigenvalue weighted by atomic mass is 9.82. The number of alkyl carbamates (subject to hydrolysis) is 1. The highest BCUT2D eigenvalue weighted by Crippen LogP contribution is 2.42. The van der Waals surface area contributed by atoms with Crippen LogP contribution in [0.2, 0.25) is 0 Å². The zero-order chi connectivity index (χ0) is 56.9. The molecule has 27 heteroatoms. The van der Waals surface area contributed by atoms with Crippen LogP contribution in [0, 0.1) is 22.7 Å². The summed E-state index contributed by atoms with van der Waals surface area (Å²) < 4.78 is 124. The van der Waals surface area contributed by atoms with Crippen molar-refractivity contribution in [2.24, 2.45) is 10.8 Å². The van der Waals surface area contributed by atoms with Gasteiger partial charge in [-0.25, -0.2) is 29.2 Å². The molecule has 2 aromatic heterocycles. The number of carbonyl (C=O) groups is 4. The Kier molecular flexibility index (Phi) is 17.9. The van der Waals surface area contributed by atoms with Gasteiger partial charge in [0.05, 0.1) is 60.6 Å². The number of benzene rings is 2. The predicted octanol–water partition coefficient (Wildman–Crippen LogP) is 5.65. The second-order valence-corrected chi connectivity index (χ2v) is 20.4. The van der Waals surface area contributed by atoms with Crippen molar-refractivity contribution < 1.29 is 74.0 Å². The van der Waals surface area contributed by atoms with Gasteiger partial charge in [-0.1, -0.05) is 48.2 Å². The Balaban J connectivity index is 1.15. The summed E-state index contributed by atoms with van der Waals surface area (Å²) in [6.45, 7) is 1.33. The summed E-state index contributed by atoms with van der Waals surface area (Å²) in [5.74, 6) is 3.62. The number of carboxylic acid groups (broad SMARTS) is 1. The van der Waals surface area contributed by atoms with Crippen LogP contribution in [-0.4, -0.2) is 159 Å². The Labute approximate surface area is 443 Å². The van der Waals surface area contributed by atoms with Crippen molar-refractivity contribution in [3.8, 4) is 23.1 Å². The molecule has 5 heterocycles. The molecule has 78 heavy (non-hydrogen) atoms. The number of fused-ring (bicyclic) bond motifs is 2. The maximum atomic E-state index is 14.5. The van der Waals surface area contributed by atoms with E-state index in [2.05, 4.69) is 52.2 Å². The van der Waals surface area contributed by atoms with E-state index in [1.807, 2.05) is 5.32 Å². The third-order valence-electron chi connectivity index (χ3n) is 14.3. The number of aliphatic hydroxyl groups excluding tert-OH is 1. The number of nitrogens with one attached hydrogen (secondary N) is 4. The zero-order valence-electron chi connectivity index (χ0n) is 42.9. The number of aromatic nitrogens is 4. The molecule has 6 N–H and O–H groups in total. The van der Waals surface area contributed by atoms with Gasteiger partial charge in [0, 0.05) is 68.0 Å². The SMILES string of the molecule is COC(=O)N[C@H](C(=O)N[C@@H](Cc1ccc(C#Cc2cnc(N3CC4CCC(C3)N4C3COC3)nc2)cc1)[C@@H](O)CN(Cc1ccc(-c2ccn(C(F)F)n2)cc1)NC(=O)[C@@H](NC(=O)O)C(C)(C)C(F)(F)F)C(C)(C)C(F)(F)F. The predicted molar refractivity (Wildman–Crippen MR) is 263 cm³/mol. The van der Waals surface area contributed by atoms with Crippen LogP contribution >= 0.6 is 0 Å². The lowest BCUT2D eigenvalue weighted by Crippen LogP contribution is -2.63. The monoisotopic (exact) mass is 1110 g/mol. The van der Waals surface area contributed by atoms with Crippen LogP contribution in [0.3, 0.4) is 0 Å². The molecular weight excluding hydrogens is 1050 g/mol. The van der Waals surface area contributed by atoms with Crippen molar-refractivity contribution in [3.63, 3.8) is 0 Å². The van der Waals surface area contributed by atoms with E-state index in [1.54, 1.807) is 42.0 Å². The number of hydrazine groups is 1. The number of hydrogen-bond donors (Lipinski definition) is 6. The standard InChI is InChI=1S/C51H59F8N11O8/c1-48(2,50(54,55)56)40(64-47(76)77-5)42(72)62-38(20-30-9-6-29(7-10-30)8-11-32-21-60-45(61-22-32)67-24-34-16-17-35(25-67)70(34)36-27-78-28-36)39(71)26-68(66-43(73)41(63-46(74)75)49(3,4)51(57,58)59)23-31-12-14-33(15-13-31)37-18-19-69(65-37)44(52)53/h6-7,9-10,12-15,18-19,21-22,34-36,38-41,44,63,71H,16-17,20,23-28H2,1-5H3,(H,62,72)(H,64,76)(H,66,73)(H,74,75)/t34?,35?,38-,39-,40+,41+/m0/s1. The van der Waals surface area contributed by atoms with E-state index in [0.717, 1.165) is 57.5 Å². The van der Waals surface area contributed by atoms with Crippen LogP contribution in [0.5, 0.6) is 0 Å². The molecule has 3 aliphatic rings. The number of anilines is 1. The van der Waals surface area contributed by atoms with E-state index >= 15 is 0 Å². The van der Waals surface area contributed by atoms with Crippen LogP contribution in [0.15, 0.2) is 73.2 Å². The second-order valence-electron chi connectivity index (χ2n) is 20.4. The lowest BCUT2D eigenvalue weighted by Gasteiger charge is -2.47. The van der Waals surface area contributed by atoms with Crippen molar-refractivity contribution in [2.45, 2.75) is 115 Å². The van der Waals surface area contributed by atoms with Crippen LogP contribution in [0.4, 0.5) is 50.7 Å². The Morgan fingerprint density at radius 3 is 1.86 bits per heavy atom. The molecule has 19 nitrogen and oxygen atoms in total. The molecule has 6 atom stereocenters. The van der Waals surface area contributed by atoms with Gasteiger partial charge in [-0.05, 0) is 76.3 Å². The number of alkyl halides is 8. The molecule has 0 spiro atoms. The molecule has 2 bridgehead atoms. The first-order valence-electron chi connectivity index (χ1n) is 24.6. The fourth-order valence-corrected chi connectivity index (χ4v) is 9.41. The molecule has 3 aliphatic heterocycles. The number of rotatable bonds is 19. The topological polar surface area (TPSA) is 229 Å². The van der Waals surface area contributed by atoms with E-state index < -0.39 is 91.1 Å². The molecule has 2 aromatic carbocycles. The van der Waals surface area contributed by atoms with Crippen molar-refractivity contribution >= 4 is 29.9 Å². The Bertz CT molecular complexity index is 2790. The molecular formula is C51H59F8N11O8. The highest BCUT2D eigenvalue weighted by atomic mass is 19.4. The summed E-state index contributed by atoms with van der Waals surface area (Å²) in [5.41, 5.74) is -1.66. The number of nitrogens with zero attached hydrogens (tertiary/aromatic N) is 7. The summed E-state index contributed by atoms with van der Waals surface area (Å²) in [6, 6.07) is 8.10. The van der Waals surface area contributed by atoms with Crippen LogP contribution in [0.25, 0.3) is 11.3 Å². The molecule has 422 valence electrons. The fourth-order valence-electron chi connectivity index (χ4n) is 9.41. The minimum absolute atomic E-state index is 0.137. The van der Waals surface area contributed by atoms with Gasteiger partial charge in [0.2, 0.25) is 11.9 Å². The lowest BCUT2D eigenvalue weighted by molar-refractivity contribution is -0.221. The number of ether oxygens (including phenoxy) is 2. The highest BCUT2D eigenvalue weighted by Gasteiger charge is 2.57. The number of aliphatic hydroxyl groups is 1. The number of methoxy groups -OCH3 is 1. The third kappa shape index (κ3) is 13.7. The average molecular weight is 1110 g/mol. The van der Waals surface area contributed by atoms with Crippen LogP contribution < -0.4 is 26.3 Å². The van der Waals surface area contributed by atoms with Crippen molar-refractivity contribution in [3.05, 3.63) is 95.4 Å². The van der Waals surface area contributed by atoms with E-state index in [9.17, 15) is 64.5 Å². The maximum Gasteiger partial charge on any atom is 0.407 e. The van der Waals surface area contributed by atoms with E-state index in [-0.39, 0.29) is 17.7 Å². The van der Waals surface area contributed by atoms with Gasteiger partial charge < -0.3 is 40.5 Å². The summed E-state index contributed by atoms with van der Waals surface area (Å²) >= 11 is 0. The van der Waals surface area contributed by atoms with E-state index in [4.69, 9.17) is 4.74 Å². The number of hydrogen-bond acceptors (Lipinski definition) is 13.